The number of hydrogen-bond acceptors (Lipinski definition) is 4. The molecule has 2 amide bonds. The van der Waals surface area contributed by atoms with E-state index in [4.69, 9.17) is 0 Å². The van der Waals surface area contributed by atoms with Crippen molar-refractivity contribution in [3.63, 3.8) is 0 Å². The van der Waals surface area contributed by atoms with E-state index in [0.717, 1.165) is 63.9 Å². The zero-order chi connectivity index (χ0) is 27.9. The van der Waals surface area contributed by atoms with Crippen LogP contribution in [0.1, 0.15) is 70.9 Å². The van der Waals surface area contributed by atoms with Crippen molar-refractivity contribution in [1.82, 2.24) is 15.1 Å². The van der Waals surface area contributed by atoms with E-state index < -0.39 is 11.7 Å². The molecule has 0 bridgehead atoms. The van der Waals surface area contributed by atoms with Crippen molar-refractivity contribution in [2.24, 2.45) is 11.8 Å². The molecule has 9 heteroatoms. The van der Waals surface area contributed by atoms with Crippen LogP contribution < -0.4 is 5.32 Å². The van der Waals surface area contributed by atoms with Crippen molar-refractivity contribution in [2.45, 2.75) is 77.3 Å². The summed E-state index contributed by atoms with van der Waals surface area (Å²) in [6.45, 7) is 12.4. The van der Waals surface area contributed by atoms with Crippen LogP contribution in [-0.4, -0.2) is 65.6 Å². The Balaban J connectivity index is 1.62. The van der Waals surface area contributed by atoms with Gasteiger partial charge in [0.25, 0.3) is 5.91 Å². The molecule has 1 saturated carbocycles. The fourth-order valence-corrected chi connectivity index (χ4v) is 6.79. The van der Waals surface area contributed by atoms with Crippen LogP contribution in [0.3, 0.4) is 0 Å². The van der Waals surface area contributed by atoms with E-state index in [0.29, 0.717) is 28.8 Å². The third kappa shape index (κ3) is 9.04. The maximum Gasteiger partial charge on any atom is 0.416 e. The molecule has 1 heterocycles. The molecule has 1 aliphatic heterocycles. The minimum Gasteiger partial charge on any atom is -0.355 e. The van der Waals surface area contributed by atoms with Gasteiger partial charge in [-0.2, -0.15) is 13.2 Å². The zero-order valence-electron chi connectivity index (χ0n) is 23.0. The van der Waals surface area contributed by atoms with E-state index in [2.05, 4.69) is 37.9 Å². The largest absolute Gasteiger partial charge is 0.416 e. The van der Waals surface area contributed by atoms with E-state index in [9.17, 15) is 22.8 Å². The van der Waals surface area contributed by atoms with Crippen LogP contribution in [0, 0.1) is 11.8 Å². The van der Waals surface area contributed by atoms with E-state index >= 15 is 0 Å². The molecule has 1 aromatic carbocycles. The predicted octanol–water partition coefficient (Wildman–Crippen LogP) is 6.05. The van der Waals surface area contributed by atoms with Crippen LogP contribution >= 0.6 is 11.8 Å². The second-order valence-corrected chi connectivity index (χ2v) is 12.6. The van der Waals surface area contributed by atoms with Crippen LogP contribution in [0.2, 0.25) is 0 Å². The maximum atomic E-state index is 13.4. The number of nitrogens with zero attached hydrogens (tertiary/aromatic N) is 2. The molecular formula is C29H42F3N3O2S. The molecule has 2 fully saturated rings. The molecule has 2 aliphatic rings. The monoisotopic (exact) mass is 553 g/mol. The standard InChI is InChI=1S/C29H42F3N3O2S/c1-20(2)17-34(18-21(3)4)15-7-14-33-27(36)19-35-24-8-5-6-9-25(24)38-26(28(35)37)16-22-10-12-23(13-11-22)29(30,31)32/h10-13,16,20-21,24-25H,5-9,14-15,17-19H2,1-4H3,(H,33,36)/b26-16-. The summed E-state index contributed by atoms with van der Waals surface area (Å²) in [5.74, 6) is 0.787. The second kappa shape index (κ2) is 13.9. The van der Waals surface area contributed by atoms with Crippen molar-refractivity contribution >= 4 is 29.7 Å². The Kier molecular flexibility index (Phi) is 11.2. The van der Waals surface area contributed by atoms with E-state index in [1.54, 1.807) is 11.0 Å². The molecule has 3 rings (SSSR count). The summed E-state index contributed by atoms with van der Waals surface area (Å²) in [6, 6.07) is 4.83. The average Bonchev–Trinajstić information content (AvgIpc) is 2.83. The Morgan fingerprint density at radius 1 is 1.11 bits per heavy atom. The predicted molar refractivity (Wildman–Crippen MR) is 149 cm³/mol. The van der Waals surface area contributed by atoms with Gasteiger partial charge in [-0.05, 0) is 61.4 Å². The normalized spacial score (nSPS) is 21.5. The van der Waals surface area contributed by atoms with E-state index in [1.165, 1.54) is 23.9 Å². The highest BCUT2D eigenvalue weighted by atomic mass is 32.2. The van der Waals surface area contributed by atoms with Gasteiger partial charge >= 0.3 is 6.18 Å². The molecule has 2 unspecified atom stereocenters. The molecule has 212 valence electrons. The summed E-state index contributed by atoms with van der Waals surface area (Å²) in [5.41, 5.74) is -0.177. The van der Waals surface area contributed by atoms with Gasteiger partial charge in [0, 0.05) is 30.9 Å². The Hall–Kier alpha value is -2.00. The third-order valence-corrected chi connectivity index (χ3v) is 8.29. The van der Waals surface area contributed by atoms with Crippen LogP contribution in [-0.2, 0) is 15.8 Å². The molecule has 1 aliphatic carbocycles. The lowest BCUT2D eigenvalue weighted by Gasteiger charge is -2.43. The number of rotatable bonds is 11. The van der Waals surface area contributed by atoms with Gasteiger partial charge in [-0.1, -0.05) is 52.7 Å². The molecular weight excluding hydrogens is 511 g/mol. The molecule has 2 atom stereocenters. The highest BCUT2D eigenvalue weighted by Crippen LogP contribution is 2.42. The highest BCUT2D eigenvalue weighted by Gasteiger charge is 2.41. The molecule has 38 heavy (non-hydrogen) atoms. The first-order chi connectivity index (χ1) is 17.9. The Labute approximate surface area is 229 Å². The van der Waals surface area contributed by atoms with Gasteiger partial charge in [-0.25, -0.2) is 0 Å². The van der Waals surface area contributed by atoms with E-state index in [1.807, 2.05) is 0 Å². The summed E-state index contributed by atoms with van der Waals surface area (Å²) in [5, 5.41) is 3.19. The Morgan fingerprint density at radius 2 is 1.74 bits per heavy atom. The fourth-order valence-electron chi connectivity index (χ4n) is 5.31. The van der Waals surface area contributed by atoms with Crippen LogP contribution in [0.4, 0.5) is 13.2 Å². The quantitative estimate of drug-likeness (QED) is 0.268. The number of fused-ring (bicyclic) bond motifs is 1. The van der Waals surface area contributed by atoms with Crippen LogP contribution in [0.25, 0.3) is 6.08 Å². The molecule has 5 nitrogen and oxygen atoms in total. The number of carbonyl (C=O) groups excluding carboxylic acids is 2. The third-order valence-electron chi connectivity index (χ3n) is 6.89. The molecule has 1 saturated heterocycles. The summed E-state index contributed by atoms with van der Waals surface area (Å²) >= 11 is 1.50. The number of nitrogens with one attached hydrogen (secondary N) is 1. The first-order valence-electron chi connectivity index (χ1n) is 13.8. The van der Waals surface area contributed by atoms with Gasteiger partial charge in [-0.15, -0.1) is 11.8 Å². The number of hydrogen-bond donors (Lipinski definition) is 1. The number of halogens is 3. The minimum absolute atomic E-state index is 0.00401. The van der Waals surface area contributed by atoms with Crippen molar-refractivity contribution in [2.75, 3.05) is 32.7 Å². The fraction of sp³-hybridized carbons (Fsp3) is 0.655. The van der Waals surface area contributed by atoms with Gasteiger partial charge in [-0.3, -0.25) is 9.59 Å². The van der Waals surface area contributed by atoms with Crippen LogP contribution in [0.15, 0.2) is 29.2 Å². The molecule has 0 aromatic heterocycles. The maximum absolute atomic E-state index is 13.4. The van der Waals surface area contributed by atoms with Gasteiger partial charge in [0.15, 0.2) is 0 Å². The first-order valence-corrected chi connectivity index (χ1v) is 14.7. The average molecular weight is 554 g/mol. The van der Waals surface area contributed by atoms with Gasteiger partial charge in [0.1, 0.15) is 6.54 Å². The lowest BCUT2D eigenvalue weighted by atomic mass is 9.93. The summed E-state index contributed by atoms with van der Waals surface area (Å²) in [4.78, 5) is 30.9. The number of benzene rings is 1. The molecule has 1 aromatic rings. The summed E-state index contributed by atoms with van der Waals surface area (Å²) in [7, 11) is 0. The SMILES string of the molecule is CC(C)CN(CCCNC(=O)CN1C(=O)/C(=C/c2ccc(C(F)(F)F)cc2)SC2CCCCC21)CC(C)C. The van der Waals surface area contributed by atoms with Crippen LogP contribution in [0.5, 0.6) is 0 Å². The Morgan fingerprint density at radius 3 is 2.34 bits per heavy atom. The van der Waals surface area contributed by atoms with Gasteiger partial charge < -0.3 is 15.1 Å². The Bertz CT molecular complexity index is 953. The van der Waals surface area contributed by atoms with Crippen molar-refractivity contribution in [3.05, 3.63) is 40.3 Å². The van der Waals surface area contributed by atoms with Crippen molar-refractivity contribution in [3.8, 4) is 0 Å². The van der Waals surface area contributed by atoms with Crippen molar-refractivity contribution < 1.29 is 22.8 Å². The zero-order valence-corrected chi connectivity index (χ0v) is 23.8. The second-order valence-electron chi connectivity index (χ2n) is 11.3. The van der Waals surface area contributed by atoms with E-state index in [-0.39, 0.29) is 29.7 Å². The summed E-state index contributed by atoms with van der Waals surface area (Å²) in [6.07, 6.45) is 2.00. The smallest absolute Gasteiger partial charge is 0.355 e. The first kappa shape index (κ1) is 30.5. The summed E-state index contributed by atoms with van der Waals surface area (Å²) < 4.78 is 38.8. The number of amides is 2. The number of carbonyl (C=O) groups is 2. The van der Waals surface area contributed by atoms with Crippen molar-refractivity contribution in [1.29, 1.82) is 0 Å². The van der Waals surface area contributed by atoms with Gasteiger partial charge in [0.05, 0.1) is 10.5 Å². The van der Waals surface area contributed by atoms with Gasteiger partial charge in [0.2, 0.25) is 5.91 Å². The topological polar surface area (TPSA) is 52.7 Å². The molecule has 0 radical (unpaired) electrons. The lowest BCUT2D eigenvalue weighted by molar-refractivity contribution is -0.137. The number of thioether (sulfide) groups is 1. The molecule has 0 spiro atoms. The lowest BCUT2D eigenvalue weighted by Crippen LogP contribution is -2.54. The highest BCUT2D eigenvalue weighted by molar-refractivity contribution is 8.04. The molecule has 1 N–H and O–H groups in total. The number of alkyl halides is 3. The minimum atomic E-state index is -4.40.